The molecule has 0 N–H and O–H groups in total. The fourth-order valence-corrected chi connectivity index (χ4v) is 3.88. The zero-order valence-corrected chi connectivity index (χ0v) is 15.2. The minimum atomic E-state index is 0.0558. The maximum atomic E-state index is 12.9. The summed E-state index contributed by atoms with van der Waals surface area (Å²) in [7, 11) is 0. The highest BCUT2D eigenvalue weighted by atomic mass is 16.2. The van der Waals surface area contributed by atoms with Crippen molar-refractivity contribution in [1.29, 1.82) is 0 Å². The molecule has 6 heteroatoms. The second-order valence-corrected chi connectivity index (χ2v) is 7.46. The Balaban J connectivity index is 1.48. The van der Waals surface area contributed by atoms with Crippen molar-refractivity contribution < 1.29 is 4.79 Å². The van der Waals surface area contributed by atoms with Crippen LogP contribution in [0.25, 0.3) is 0 Å². The lowest BCUT2D eigenvalue weighted by atomic mass is 9.96. The van der Waals surface area contributed by atoms with Crippen molar-refractivity contribution >= 4 is 5.91 Å². The number of hydrogen-bond acceptors (Lipinski definition) is 3. The van der Waals surface area contributed by atoms with Gasteiger partial charge >= 0.3 is 0 Å². The first-order chi connectivity index (χ1) is 12.2. The molecular formula is C19H27N5O. The lowest BCUT2D eigenvalue weighted by Crippen LogP contribution is -2.40. The van der Waals surface area contributed by atoms with Gasteiger partial charge in [-0.1, -0.05) is 0 Å². The van der Waals surface area contributed by atoms with Gasteiger partial charge in [-0.3, -0.25) is 9.48 Å². The largest absolute Gasteiger partial charge is 0.337 e. The molecule has 2 aromatic heterocycles. The van der Waals surface area contributed by atoms with Crippen molar-refractivity contribution in [2.45, 2.75) is 58.5 Å². The van der Waals surface area contributed by atoms with Crippen LogP contribution in [0, 0.1) is 12.8 Å². The van der Waals surface area contributed by atoms with Crippen LogP contribution in [0.3, 0.4) is 0 Å². The van der Waals surface area contributed by atoms with E-state index in [0.29, 0.717) is 11.6 Å². The van der Waals surface area contributed by atoms with Gasteiger partial charge in [-0.2, -0.15) is 5.10 Å². The topological polar surface area (TPSA) is 56.0 Å². The minimum absolute atomic E-state index is 0.0558. The van der Waals surface area contributed by atoms with E-state index in [1.807, 2.05) is 35.7 Å². The Kier molecular flexibility index (Phi) is 4.36. The number of likely N-dealkylation sites (tertiary alicyclic amines) is 1. The Hall–Kier alpha value is -2.11. The summed E-state index contributed by atoms with van der Waals surface area (Å²) in [4.78, 5) is 19.5. The molecular weight excluding hydrogens is 314 g/mol. The maximum absolute atomic E-state index is 12.9. The van der Waals surface area contributed by atoms with E-state index in [-0.39, 0.29) is 5.91 Å². The summed E-state index contributed by atoms with van der Waals surface area (Å²) in [6.45, 7) is 7.49. The van der Waals surface area contributed by atoms with Crippen LogP contribution in [0.1, 0.15) is 60.5 Å². The molecule has 6 nitrogen and oxygen atoms in total. The summed E-state index contributed by atoms with van der Waals surface area (Å²) in [5.41, 5.74) is 1.61. The standard InChI is InChI=1S/C19H27N5O/c1-3-24-14(2)11-17(21-24)19(25)23-9-4-5-16(13-23)18-20-8-10-22(18)12-15-6-7-15/h8,10-11,15-16H,3-7,9,12-13H2,1-2H3. The molecule has 25 heavy (non-hydrogen) atoms. The third-order valence-electron chi connectivity index (χ3n) is 5.47. The number of rotatable bonds is 5. The number of carbonyl (C=O) groups is 1. The van der Waals surface area contributed by atoms with Crippen molar-refractivity contribution in [3.63, 3.8) is 0 Å². The van der Waals surface area contributed by atoms with E-state index in [1.165, 1.54) is 12.8 Å². The van der Waals surface area contributed by atoms with Crippen LogP contribution in [0.5, 0.6) is 0 Å². The smallest absolute Gasteiger partial charge is 0.274 e. The van der Waals surface area contributed by atoms with Crippen LogP contribution in [0.2, 0.25) is 0 Å². The Morgan fingerprint density at radius 1 is 1.32 bits per heavy atom. The molecule has 0 aromatic carbocycles. The van der Waals surface area contributed by atoms with Crippen LogP contribution < -0.4 is 0 Å². The van der Waals surface area contributed by atoms with Gasteiger partial charge in [0.25, 0.3) is 5.91 Å². The highest BCUT2D eigenvalue weighted by molar-refractivity contribution is 5.92. The zero-order valence-electron chi connectivity index (χ0n) is 15.2. The quantitative estimate of drug-likeness (QED) is 0.840. The first-order valence-electron chi connectivity index (χ1n) is 9.50. The van der Waals surface area contributed by atoms with Crippen molar-refractivity contribution in [2.24, 2.45) is 5.92 Å². The SMILES string of the molecule is CCn1nc(C(=O)N2CCCC(c3nccn3CC3CC3)C2)cc1C. The number of carbonyl (C=O) groups excluding carboxylic acids is 1. The third-order valence-corrected chi connectivity index (χ3v) is 5.47. The lowest BCUT2D eigenvalue weighted by Gasteiger charge is -2.32. The van der Waals surface area contributed by atoms with Gasteiger partial charge in [0.1, 0.15) is 5.82 Å². The van der Waals surface area contributed by atoms with Crippen LogP contribution in [0.15, 0.2) is 18.5 Å². The third kappa shape index (κ3) is 3.34. The molecule has 0 bridgehead atoms. The predicted molar refractivity (Wildman–Crippen MR) is 95.5 cm³/mol. The predicted octanol–water partition coefficient (Wildman–Crippen LogP) is 2.84. The molecule has 1 aliphatic heterocycles. The Labute approximate surface area is 148 Å². The highest BCUT2D eigenvalue weighted by Crippen LogP contribution is 2.33. The van der Waals surface area contributed by atoms with Crippen molar-refractivity contribution in [2.75, 3.05) is 13.1 Å². The van der Waals surface area contributed by atoms with E-state index in [1.54, 1.807) is 0 Å². The zero-order chi connectivity index (χ0) is 17.4. The average Bonchev–Trinajstić information content (AvgIpc) is 3.18. The number of piperidine rings is 1. The molecule has 4 rings (SSSR count). The van der Waals surface area contributed by atoms with E-state index < -0.39 is 0 Å². The van der Waals surface area contributed by atoms with Gasteiger partial charge in [0.2, 0.25) is 0 Å². The monoisotopic (exact) mass is 341 g/mol. The van der Waals surface area contributed by atoms with E-state index >= 15 is 0 Å². The van der Waals surface area contributed by atoms with Gasteiger partial charge in [-0.25, -0.2) is 4.98 Å². The van der Waals surface area contributed by atoms with Crippen LogP contribution in [0.4, 0.5) is 0 Å². The molecule has 2 fully saturated rings. The second kappa shape index (κ2) is 6.65. The summed E-state index contributed by atoms with van der Waals surface area (Å²) in [5, 5.41) is 4.46. The van der Waals surface area contributed by atoms with Crippen molar-refractivity contribution in [3.8, 4) is 0 Å². The molecule has 0 radical (unpaired) electrons. The van der Waals surface area contributed by atoms with Gasteiger partial charge < -0.3 is 9.47 Å². The number of aromatic nitrogens is 4. The van der Waals surface area contributed by atoms with Crippen LogP contribution in [-0.4, -0.2) is 43.2 Å². The van der Waals surface area contributed by atoms with Gasteiger partial charge in [-0.15, -0.1) is 0 Å². The molecule has 2 aromatic rings. The molecule has 1 atom stereocenters. The summed E-state index contributed by atoms with van der Waals surface area (Å²) in [6.07, 6.45) is 8.82. The Morgan fingerprint density at radius 2 is 2.16 bits per heavy atom. The van der Waals surface area contributed by atoms with Crippen molar-refractivity contribution in [3.05, 3.63) is 35.7 Å². The Bertz CT molecular complexity index is 758. The lowest BCUT2D eigenvalue weighted by molar-refractivity contribution is 0.0696. The first kappa shape index (κ1) is 16.4. The number of imidazole rings is 1. The summed E-state index contributed by atoms with van der Waals surface area (Å²) in [6, 6.07) is 1.91. The average molecular weight is 341 g/mol. The second-order valence-electron chi connectivity index (χ2n) is 7.46. The van der Waals surface area contributed by atoms with Crippen molar-refractivity contribution in [1.82, 2.24) is 24.2 Å². The fraction of sp³-hybridized carbons (Fsp3) is 0.632. The fourth-order valence-electron chi connectivity index (χ4n) is 3.88. The number of hydrogen-bond donors (Lipinski definition) is 0. The van der Waals surface area contributed by atoms with Crippen LogP contribution in [-0.2, 0) is 13.1 Å². The van der Waals surface area contributed by atoms with E-state index in [9.17, 15) is 4.79 Å². The number of amides is 1. The van der Waals surface area contributed by atoms with E-state index in [0.717, 1.165) is 56.5 Å². The van der Waals surface area contributed by atoms with E-state index in [2.05, 4.69) is 20.8 Å². The molecule has 1 aliphatic carbocycles. The normalized spacial score (nSPS) is 20.9. The van der Waals surface area contributed by atoms with Gasteiger partial charge in [0, 0.05) is 50.2 Å². The number of nitrogens with zero attached hydrogens (tertiary/aromatic N) is 5. The Morgan fingerprint density at radius 3 is 2.88 bits per heavy atom. The van der Waals surface area contributed by atoms with E-state index in [4.69, 9.17) is 0 Å². The molecule has 0 spiro atoms. The summed E-state index contributed by atoms with van der Waals surface area (Å²) < 4.78 is 4.20. The molecule has 1 amide bonds. The molecule has 1 saturated carbocycles. The van der Waals surface area contributed by atoms with Gasteiger partial charge in [0.05, 0.1) is 0 Å². The first-order valence-corrected chi connectivity index (χ1v) is 9.50. The molecule has 1 unspecified atom stereocenters. The van der Waals surface area contributed by atoms with Gasteiger partial charge in [-0.05, 0) is 51.5 Å². The molecule has 1 saturated heterocycles. The number of aryl methyl sites for hydroxylation is 2. The summed E-state index contributed by atoms with van der Waals surface area (Å²) >= 11 is 0. The minimum Gasteiger partial charge on any atom is -0.337 e. The van der Waals surface area contributed by atoms with Crippen LogP contribution >= 0.6 is 0 Å². The molecule has 3 heterocycles. The maximum Gasteiger partial charge on any atom is 0.274 e. The molecule has 134 valence electrons. The summed E-state index contributed by atoms with van der Waals surface area (Å²) in [5.74, 6) is 2.37. The van der Waals surface area contributed by atoms with Gasteiger partial charge in [0.15, 0.2) is 5.69 Å². The molecule has 2 aliphatic rings. The highest BCUT2D eigenvalue weighted by Gasteiger charge is 2.30.